The molecule has 0 N–H and O–H groups in total. The number of benzene rings is 2. The van der Waals surface area contributed by atoms with Gasteiger partial charge in [0.15, 0.2) is 0 Å². The Bertz CT molecular complexity index is 603. The molecule has 2 aromatic rings. The van der Waals surface area contributed by atoms with Gasteiger partial charge in [0.25, 0.3) is 0 Å². The van der Waals surface area contributed by atoms with Crippen molar-refractivity contribution in [2.75, 3.05) is 13.7 Å². The van der Waals surface area contributed by atoms with Gasteiger partial charge in [-0.25, -0.2) is 4.79 Å². The minimum Gasteiger partial charge on any atom is -0.465 e. The second-order valence-electron chi connectivity index (χ2n) is 4.80. The largest absolute Gasteiger partial charge is 0.465 e. The van der Waals surface area contributed by atoms with Crippen molar-refractivity contribution in [2.24, 2.45) is 0 Å². The lowest BCUT2D eigenvalue weighted by atomic mass is 10.1. The zero-order valence-corrected chi connectivity index (χ0v) is 12.7. The third-order valence-electron chi connectivity index (χ3n) is 3.21. The number of carbonyl (C=O) groups excluding carboxylic acids is 1. The van der Waals surface area contributed by atoms with Crippen molar-refractivity contribution in [3.8, 4) is 0 Å². The monoisotopic (exact) mass is 296 g/mol. The van der Waals surface area contributed by atoms with Crippen LogP contribution in [-0.4, -0.2) is 19.7 Å². The third-order valence-corrected chi connectivity index (χ3v) is 3.21. The Hall–Kier alpha value is -2.39. The van der Waals surface area contributed by atoms with Crippen molar-refractivity contribution >= 4 is 11.5 Å². The van der Waals surface area contributed by atoms with Crippen LogP contribution in [0.4, 0.5) is 0 Å². The van der Waals surface area contributed by atoms with Crippen LogP contribution in [0.15, 0.2) is 66.7 Å². The molecule has 0 radical (unpaired) electrons. The summed E-state index contributed by atoms with van der Waals surface area (Å²) in [5.41, 5.74) is 2.58. The summed E-state index contributed by atoms with van der Waals surface area (Å²) >= 11 is 0. The molecule has 0 unspecified atom stereocenters. The van der Waals surface area contributed by atoms with Crippen LogP contribution in [0.3, 0.4) is 0 Å². The molecule has 0 saturated heterocycles. The maximum Gasteiger partial charge on any atom is 0.338 e. The highest BCUT2D eigenvalue weighted by atomic mass is 16.5. The van der Waals surface area contributed by atoms with Crippen LogP contribution >= 0.6 is 0 Å². The van der Waals surface area contributed by atoms with Gasteiger partial charge in [-0.1, -0.05) is 66.7 Å². The van der Waals surface area contributed by atoms with E-state index in [9.17, 15) is 4.79 Å². The number of esters is 1. The minimum absolute atomic E-state index is 0.325. The standard InChI is InChI=1S/C19H20O3/c1-21-19(20)18(17-11-6-3-7-12-17)13-8-14-22-15-16-9-4-2-5-10-16/h2-7,9-13H,8,14-15H2,1H3/b18-13+. The van der Waals surface area contributed by atoms with E-state index in [1.165, 1.54) is 7.11 Å². The molecule has 0 atom stereocenters. The highest BCUT2D eigenvalue weighted by molar-refractivity contribution is 6.16. The highest BCUT2D eigenvalue weighted by Gasteiger charge is 2.11. The maximum atomic E-state index is 11.9. The van der Waals surface area contributed by atoms with Crippen molar-refractivity contribution in [2.45, 2.75) is 13.0 Å². The summed E-state index contributed by atoms with van der Waals surface area (Å²) in [6, 6.07) is 19.5. The van der Waals surface area contributed by atoms with Gasteiger partial charge in [-0.3, -0.25) is 0 Å². The van der Waals surface area contributed by atoms with Crippen LogP contribution in [0, 0.1) is 0 Å². The second-order valence-corrected chi connectivity index (χ2v) is 4.80. The van der Waals surface area contributed by atoms with Gasteiger partial charge in [-0.2, -0.15) is 0 Å². The molecule has 0 aliphatic heterocycles. The smallest absolute Gasteiger partial charge is 0.338 e. The number of carbonyl (C=O) groups is 1. The Balaban J connectivity index is 1.89. The molecule has 0 amide bonds. The Morgan fingerprint density at radius 1 is 1.00 bits per heavy atom. The number of ether oxygens (including phenoxy) is 2. The number of methoxy groups -OCH3 is 1. The molecule has 0 saturated carbocycles. The van der Waals surface area contributed by atoms with Gasteiger partial charge in [0, 0.05) is 0 Å². The van der Waals surface area contributed by atoms with Gasteiger partial charge in [-0.15, -0.1) is 0 Å². The minimum atomic E-state index is -0.325. The van der Waals surface area contributed by atoms with Crippen LogP contribution in [-0.2, 0) is 20.9 Å². The van der Waals surface area contributed by atoms with E-state index in [1.54, 1.807) is 0 Å². The van der Waals surface area contributed by atoms with E-state index >= 15 is 0 Å². The van der Waals surface area contributed by atoms with Crippen molar-refractivity contribution in [3.63, 3.8) is 0 Å². The molecule has 0 aliphatic rings. The van der Waals surface area contributed by atoms with Gasteiger partial charge in [0.2, 0.25) is 0 Å². The Labute approximate surface area is 131 Å². The van der Waals surface area contributed by atoms with E-state index in [-0.39, 0.29) is 5.97 Å². The summed E-state index contributed by atoms with van der Waals surface area (Å²) in [6.07, 6.45) is 2.53. The highest BCUT2D eigenvalue weighted by Crippen LogP contribution is 2.16. The van der Waals surface area contributed by atoms with E-state index in [2.05, 4.69) is 0 Å². The Kier molecular flexibility index (Phi) is 6.39. The summed E-state index contributed by atoms with van der Waals surface area (Å²) in [7, 11) is 1.39. The zero-order chi connectivity index (χ0) is 15.6. The normalized spacial score (nSPS) is 11.2. The van der Waals surface area contributed by atoms with E-state index in [0.29, 0.717) is 25.2 Å². The van der Waals surface area contributed by atoms with Crippen LogP contribution in [0.1, 0.15) is 17.5 Å². The summed E-state index contributed by atoms with van der Waals surface area (Å²) in [5.74, 6) is -0.325. The SMILES string of the molecule is COC(=O)/C(=C/CCOCc1ccccc1)c1ccccc1. The molecular formula is C19H20O3. The third kappa shape index (κ3) is 4.86. The number of hydrogen-bond donors (Lipinski definition) is 0. The zero-order valence-electron chi connectivity index (χ0n) is 12.7. The summed E-state index contributed by atoms with van der Waals surface area (Å²) < 4.78 is 10.5. The fourth-order valence-electron chi connectivity index (χ4n) is 2.10. The van der Waals surface area contributed by atoms with Crippen molar-refractivity contribution < 1.29 is 14.3 Å². The van der Waals surface area contributed by atoms with Crippen molar-refractivity contribution in [3.05, 3.63) is 77.9 Å². The summed E-state index contributed by atoms with van der Waals surface area (Å²) in [6.45, 7) is 1.13. The first-order chi connectivity index (χ1) is 10.8. The van der Waals surface area contributed by atoms with Gasteiger partial charge in [0.1, 0.15) is 0 Å². The summed E-state index contributed by atoms with van der Waals surface area (Å²) in [4.78, 5) is 11.9. The van der Waals surface area contributed by atoms with Crippen LogP contribution < -0.4 is 0 Å². The number of hydrogen-bond acceptors (Lipinski definition) is 3. The average Bonchev–Trinajstić information content (AvgIpc) is 2.59. The molecule has 0 aliphatic carbocycles. The van der Waals surface area contributed by atoms with Gasteiger partial charge < -0.3 is 9.47 Å². The fraction of sp³-hybridized carbons (Fsp3) is 0.211. The molecule has 0 bridgehead atoms. The predicted octanol–water partition coefficient (Wildman–Crippen LogP) is 3.85. The van der Waals surface area contributed by atoms with Crippen molar-refractivity contribution in [1.29, 1.82) is 0 Å². The second kappa shape index (κ2) is 8.80. The molecular weight excluding hydrogens is 276 g/mol. The average molecular weight is 296 g/mol. The first kappa shape index (κ1) is 16.0. The summed E-state index contributed by atoms with van der Waals surface area (Å²) in [5, 5.41) is 0. The number of rotatable bonds is 7. The Morgan fingerprint density at radius 2 is 1.64 bits per heavy atom. The molecule has 2 rings (SSSR count). The molecule has 2 aromatic carbocycles. The fourth-order valence-corrected chi connectivity index (χ4v) is 2.10. The lowest BCUT2D eigenvalue weighted by Gasteiger charge is -2.06. The van der Waals surface area contributed by atoms with Crippen LogP contribution in [0.2, 0.25) is 0 Å². The lowest BCUT2D eigenvalue weighted by molar-refractivity contribution is -0.133. The molecule has 22 heavy (non-hydrogen) atoms. The van der Waals surface area contributed by atoms with Gasteiger partial charge >= 0.3 is 5.97 Å². The Morgan fingerprint density at radius 3 is 2.27 bits per heavy atom. The predicted molar refractivity (Wildman–Crippen MR) is 87.2 cm³/mol. The first-order valence-corrected chi connectivity index (χ1v) is 7.27. The van der Waals surface area contributed by atoms with E-state index in [1.807, 2.05) is 66.7 Å². The molecule has 0 heterocycles. The molecule has 0 spiro atoms. The molecule has 3 nitrogen and oxygen atoms in total. The topological polar surface area (TPSA) is 35.5 Å². The van der Waals surface area contributed by atoms with E-state index in [4.69, 9.17) is 9.47 Å². The van der Waals surface area contributed by atoms with Gasteiger partial charge in [0.05, 0.1) is 25.9 Å². The van der Waals surface area contributed by atoms with Crippen LogP contribution in [0.5, 0.6) is 0 Å². The molecule has 114 valence electrons. The molecule has 0 aromatic heterocycles. The first-order valence-electron chi connectivity index (χ1n) is 7.27. The van der Waals surface area contributed by atoms with Crippen LogP contribution in [0.25, 0.3) is 5.57 Å². The molecule has 3 heteroatoms. The lowest BCUT2D eigenvalue weighted by Crippen LogP contribution is -2.04. The maximum absolute atomic E-state index is 11.9. The quantitative estimate of drug-likeness (QED) is 0.442. The van der Waals surface area contributed by atoms with Crippen molar-refractivity contribution in [1.82, 2.24) is 0 Å². The van der Waals surface area contributed by atoms with E-state index in [0.717, 1.165) is 11.1 Å². The molecule has 0 fully saturated rings. The van der Waals surface area contributed by atoms with E-state index < -0.39 is 0 Å². The van der Waals surface area contributed by atoms with Gasteiger partial charge in [-0.05, 0) is 17.5 Å².